The first-order chi connectivity index (χ1) is 16.4. The summed E-state index contributed by atoms with van der Waals surface area (Å²) < 4.78 is 7.27. The van der Waals surface area contributed by atoms with Crippen molar-refractivity contribution in [1.29, 1.82) is 0 Å². The van der Waals surface area contributed by atoms with Crippen LogP contribution in [0, 0.1) is 20.8 Å². The van der Waals surface area contributed by atoms with Gasteiger partial charge in [0.2, 0.25) is 5.91 Å². The molecule has 0 spiro atoms. The molecule has 0 saturated carbocycles. The number of aromatic nitrogens is 3. The maximum absolute atomic E-state index is 12.9. The fourth-order valence-electron chi connectivity index (χ4n) is 3.93. The van der Waals surface area contributed by atoms with Gasteiger partial charge in [-0.25, -0.2) is 0 Å². The highest BCUT2D eigenvalue weighted by molar-refractivity contribution is 7.15. The molecule has 0 saturated heterocycles. The van der Waals surface area contributed by atoms with E-state index in [1.807, 2.05) is 35.8 Å². The Morgan fingerprint density at radius 2 is 1.83 bits per heavy atom. The molecular weight excluding hydrogens is 486 g/mol. The van der Waals surface area contributed by atoms with Gasteiger partial charge >= 0.3 is 5.97 Å². The number of benzene rings is 1. The van der Waals surface area contributed by atoms with E-state index in [0.717, 1.165) is 27.4 Å². The highest BCUT2D eigenvalue weighted by atomic mass is 35.5. The zero-order valence-corrected chi connectivity index (χ0v) is 22.2. The summed E-state index contributed by atoms with van der Waals surface area (Å²) in [6.45, 7) is 11.2. The van der Waals surface area contributed by atoms with Crippen molar-refractivity contribution < 1.29 is 14.3 Å². The summed E-state index contributed by atoms with van der Waals surface area (Å²) in [4.78, 5) is 31.2. The highest BCUT2D eigenvalue weighted by Crippen LogP contribution is 2.39. The van der Waals surface area contributed by atoms with Crippen molar-refractivity contribution in [1.82, 2.24) is 20.1 Å². The number of esters is 1. The van der Waals surface area contributed by atoms with Crippen molar-refractivity contribution in [2.45, 2.75) is 59.6 Å². The fourth-order valence-corrected chi connectivity index (χ4v) is 5.27. The molecule has 35 heavy (non-hydrogen) atoms. The SMILES string of the molecule is Cc1sc2c(c1C)C(c1ccc(Cl)cc1)=N[C@@H](CC(=O)NCC(=O)OC(C)(C)C)c1nnc(C)n1-2. The van der Waals surface area contributed by atoms with E-state index in [1.54, 1.807) is 32.1 Å². The molecular formula is C25H28ClN5O3S. The van der Waals surface area contributed by atoms with Gasteiger partial charge in [-0.05, 0) is 59.2 Å². The van der Waals surface area contributed by atoms with Crippen LogP contribution in [-0.2, 0) is 14.3 Å². The Balaban J connectivity index is 1.72. The smallest absolute Gasteiger partial charge is 0.325 e. The summed E-state index contributed by atoms with van der Waals surface area (Å²) in [5, 5.41) is 12.9. The van der Waals surface area contributed by atoms with Gasteiger partial charge in [-0.2, -0.15) is 0 Å². The largest absolute Gasteiger partial charge is 0.459 e. The Bertz CT molecular complexity index is 1320. The quantitative estimate of drug-likeness (QED) is 0.501. The normalized spacial score (nSPS) is 15.1. The van der Waals surface area contributed by atoms with Gasteiger partial charge in [-0.1, -0.05) is 23.7 Å². The number of hydrogen-bond acceptors (Lipinski definition) is 7. The number of aliphatic imine (C=N–C) groups is 1. The number of nitrogens with one attached hydrogen (secondary N) is 1. The average Bonchev–Trinajstić information content (AvgIpc) is 3.24. The Morgan fingerprint density at radius 1 is 1.14 bits per heavy atom. The molecule has 10 heteroatoms. The second kappa shape index (κ2) is 9.54. The highest BCUT2D eigenvalue weighted by Gasteiger charge is 2.32. The molecule has 0 bridgehead atoms. The summed E-state index contributed by atoms with van der Waals surface area (Å²) in [5.74, 6) is 0.477. The van der Waals surface area contributed by atoms with Crippen LogP contribution in [-0.4, -0.2) is 44.5 Å². The number of nitrogens with zero attached hydrogens (tertiary/aromatic N) is 4. The number of amides is 1. The van der Waals surface area contributed by atoms with Crippen molar-refractivity contribution in [3.63, 3.8) is 0 Å². The molecule has 0 aliphatic carbocycles. The van der Waals surface area contributed by atoms with E-state index < -0.39 is 17.6 Å². The standard InChI is InChI=1S/C25H28ClN5O3S/c1-13-14(2)35-24-21(13)22(16-7-9-17(26)10-8-16)28-18(23-30-29-15(3)31(23)24)11-19(32)27-12-20(33)34-25(4,5)6/h7-10,18H,11-12H2,1-6H3,(H,27,32)/t18-/m0/s1. The zero-order valence-electron chi connectivity index (χ0n) is 20.6. The van der Waals surface area contributed by atoms with Crippen LogP contribution in [0.3, 0.4) is 0 Å². The number of halogens is 1. The summed E-state index contributed by atoms with van der Waals surface area (Å²) >= 11 is 7.79. The second-order valence-electron chi connectivity index (χ2n) is 9.47. The monoisotopic (exact) mass is 513 g/mol. The summed E-state index contributed by atoms with van der Waals surface area (Å²) in [6, 6.07) is 6.91. The molecule has 4 rings (SSSR count). The van der Waals surface area contributed by atoms with Gasteiger partial charge in [-0.3, -0.25) is 19.1 Å². The Hall–Kier alpha value is -3.04. The van der Waals surface area contributed by atoms with Crippen molar-refractivity contribution >= 4 is 40.5 Å². The fraction of sp³-hybridized carbons (Fsp3) is 0.400. The van der Waals surface area contributed by atoms with Crippen molar-refractivity contribution in [2.75, 3.05) is 6.54 Å². The van der Waals surface area contributed by atoms with E-state index in [2.05, 4.69) is 29.4 Å². The lowest BCUT2D eigenvalue weighted by Crippen LogP contribution is -2.35. The van der Waals surface area contributed by atoms with E-state index >= 15 is 0 Å². The van der Waals surface area contributed by atoms with Crippen LogP contribution in [0.4, 0.5) is 0 Å². The predicted molar refractivity (Wildman–Crippen MR) is 137 cm³/mol. The molecule has 1 atom stereocenters. The number of fused-ring (bicyclic) bond motifs is 3. The first kappa shape index (κ1) is 25.1. The summed E-state index contributed by atoms with van der Waals surface area (Å²) in [5.41, 5.74) is 3.16. The van der Waals surface area contributed by atoms with Crippen molar-refractivity contribution in [3.05, 3.63) is 62.5 Å². The molecule has 3 aromatic rings. The third-order valence-electron chi connectivity index (χ3n) is 5.59. The lowest BCUT2D eigenvalue weighted by atomic mass is 9.99. The van der Waals surface area contributed by atoms with Gasteiger partial charge in [0.15, 0.2) is 5.82 Å². The first-order valence-corrected chi connectivity index (χ1v) is 12.5. The van der Waals surface area contributed by atoms with Crippen LogP contribution in [0.15, 0.2) is 29.3 Å². The number of thiophene rings is 1. The molecule has 1 amide bonds. The van der Waals surface area contributed by atoms with Gasteiger partial charge in [0.1, 0.15) is 29.0 Å². The van der Waals surface area contributed by atoms with Gasteiger partial charge in [0.05, 0.1) is 12.1 Å². The second-order valence-corrected chi connectivity index (χ2v) is 11.1. The van der Waals surface area contributed by atoms with Gasteiger partial charge < -0.3 is 10.1 Å². The molecule has 8 nitrogen and oxygen atoms in total. The van der Waals surface area contributed by atoms with Crippen LogP contribution in [0.1, 0.15) is 66.5 Å². The van der Waals surface area contributed by atoms with Gasteiger partial charge in [0, 0.05) is 21.0 Å². The molecule has 0 fully saturated rings. The minimum absolute atomic E-state index is 0.00495. The lowest BCUT2D eigenvalue weighted by Gasteiger charge is -2.19. The number of ether oxygens (including phenoxy) is 1. The minimum Gasteiger partial charge on any atom is -0.459 e. The topological polar surface area (TPSA) is 98.5 Å². The number of rotatable bonds is 5. The van der Waals surface area contributed by atoms with Crippen molar-refractivity contribution in [2.24, 2.45) is 4.99 Å². The van der Waals surface area contributed by atoms with Gasteiger partial charge in [0.25, 0.3) is 0 Å². The van der Waals surface area contributed by atoms with E-state index in [0.29, 0.717) is 16.7 Å². The minimum atomic E-state index is -0.623. The van der Waals surface area contributed by atoms with Crippen LogP contribution in [0.25, 0.3) is 5.00 Å². The predicted octanol–water partition coefficient (Wildman–Crippen LogP) is 4.65. The number of carbonyl (C=O) groups is 2. The van der Waals surface area contributed by atoms with Gasteiger partial charge in [-0.15, -0.1) is 21.5 Å². The van der Waals surface area contributed by atoms with E-state index in [9.17, 15) is 9.59 Å². The summed E-state index contributed by atoms with van der Waals surface area (Å²) in [6.07, 6.45) is 0.00495. The number of hydrogen-bond donors (Lipinski definition) is 1. The zero-order chi connectivity index (χ0) is 25.5. The van der Waals surface area contributed by atoms with E-state index in [4.69, 9.17) is 21.3 Å². The third-order valence-corrected chi connectivity index (χ3v) is 7.03. The number of aryl methyl sites for hydroxylation is 2. The Labute approximate surface area is 213 Å². The molecule has 2 aromatic heterocycles. The molecule has 184 valence electrons. The van der Waals surface area contributed by atoms with Crippen LogP contribution in [0.5, 0.6) is 0 Å². The molecule has 1 aromatic carbocycles. The third kappa shape index (κ3) is 5.31. The van der Waals surface area contributed by atoms with Crippen molar-refractivity contribution in [3.8, 4) is 5.00 Å². The molecule has 3 heterocycles. The number of carbonyl (C=O) groups excluding carboxylic acids is 2. The molecule has 0 unspecified atom stereocenters. The maximum atomic E-state index is 12.9. The Morgan fingerprint density at radius 3 is 2.49 bits per heavy atom. The van der Waals surface area contributed by atoms with E-state index in [1.165, 1.54) is 4.88 Å². The Kier molecular flexibility index (Phi) is 6.83. The molecule has 0 radical (unpaired) electrons. The lowest BCUT2D eigenvalue weighted by molar-refractivity contribution is -0.154. The van der Waals surface area contributed by atoms with Crippen LogP contribution < -0.4 is 5.32 Å². The molecule has 1 aliphatic heterocycles. The maximum Gasteiger partial charge on any atom is 0.325 e. The van der Waals surface area contributed by atoms with E-state index in [-0.39, 0.29) is 18.9 Å². The average molecular weight is 514 g/mol. The van der Waals surface area contributed by atoms with Crippen LogP contribution in [0.2, 0.25) is 5.02 Å². The molecule has 1 aliphatic rings. The first-order valence-electron chi connectivity index (χ1n) is 11.3. The van der Waals surface area contributed by atoms with Crippen LogP contribution >= 0.6 is 22.9 Å². The molecule has 1 N–H and O–H groups in total. The summed E-state index contributed by atoms with van der Waals surface area (Å²) in [7, 11) is 0.